The van der Waals surface area contributed by atoms with Crippen LogP contribution in [0.5, 0.6) is 0 Å². The second kappa shape index (κ2) is 3.57. The number of nitrogens with zero attached hydrogens (tertiary/aromatic N) is 1. The number of carbonyl (C=O) groups is 2. The molecule has 2 atom stereocenters. The van der Waals surface area contributed by atoms with E-state index in [9.17, 15) is 9.59 Å². The minimum Gasteiger partial charge on any atom is -0.396 e. The molecule has 2 aliphatic rings. The van der Waals surface area contributed by atoms with Gasteiger partial charge in [0.05, 0.1) is 0 Å². The van der Waals surface area contributed by atoms with Gasteiger partial charge in [-0.2, -0.15) is 0 Å². The fourth-order valence-electron chi connectivity index (χ4n) is 2.25. The molecule has 0 aromatic carbocycles. The third kappa shape index (κ3) is 1.59. The minimum atomic E-state index is -0.279. The quantitative estimate of drug-likeness (QED) is 0.598. The first kappa shape index (κ1) is 9.45. The van der Waals surface area contributed by atoms with Crippen molar-refractivity contribution in [3.05, 3.63) is 0 Å². The Morgan fingerprint density at radius 2 is 2.21 bits per heavy atom. The van der Waals surface area contributed by atoms with Crippen LogP contribution in [-0.2, 0) is 4.79 Å². The number of imide groups is 1. The highest BCUT2D eigenvalue weighted by Gasteiger charge is 2.36. The highest BCUT2D eigenvalue weighted by Crippen LogP contribution is 2.29. The zero-order valence-corrected chi connectivity index (χ0v) is 7.90. The van der Waals surface area contributed by atoms with Crippen molar-refractivity contribution in [2.45, 2.75) is 25.3 Å². The molecule has 1 heterocycles. The third-order valence-corrected chi connectivity index (χ3v) is 3.03. The number of nitrogens with one attached hydrogen (secondary N) is 1. The average Bonchev–Trinajstić information content (AvgIpc) is 2.71. The first-order chi connectivity index (χ1) is 6.70. The fourth-order valence-corrected chi connectivity index (χ4v) is 2.25. The summed E-state index contributed by atoms with van der Waals surface area (Å²) < 4.78 is 0. The Labute approximate surface area is 82.1 Å². The fraction of sp³-hybridized carbons (Fsp3) is 0.778. The number of amides is 3. The van der Waals surface area contributed by atoms with Gasteiger partial charge in [0.1, 0.15) is 6.54 Å². The van der Waals surface area contributed by atoms with Gasteiger partial charge in [-0.05, 0) is 25.2 Å². The first-order valence-electron chi connectivity index (χ1n) is 4.92. The molecular formula is C9H14N2O3. The maximum Gasteiger partial charge on any atom is 0.324 e. The summed E-state index contributed by atoms with van der Waals surface area (Å²) in [6.45, 7) is 0.363. The summed E-state index contributed by atoms with van der Waals surface area (Å²) in [5.41, 5.74) is 0. The van der Waals surface area contributed by atoms with Gasteiger partial charge in [0.2, 0.25) is 5.91 Å². The number of rotatable bonds is 2. The molecule has 2 N–H and O–H groups in total. The molecule has 0 aromatic heterocycles. The molecule has 2 fully saturated rings. The van der Waals surface area contributed by atoms with Crippen molar-refractivity contribution >= 4 is 11.9 Å². The summed E-state index contributed by atoms with van der Waals surface area (Å²) in [7, 11) is 0. The van der Waals surface area contributed by atoms with E-state index < -0.39 is 0 Å². The van der Waals surface area contributed by atoms with Crippen molar-refractivity contribution < 1.29 is 14.7 Å². The predicted octanol–water partition coefficient (Wildman–Crippen LogP) is -0.301. The topological polar surface area (TPSA) is 69.6 Å². The largest absolute Gasteiger partial charge is 0.396 e. The number of hydrogen-bond donors (Lipinski definition) is 2. The molecule has 78 valence electrons. The number of hydrogen-bond acceptors (Lipinski definition) is 3. The minimum absolute atomic E-state index is 0.138. The maximum atomic E-state index is 11.3. The van der Waals surface area contributed by atoms with E-state index in [0.717, 1.165) is 19.3 Å². The zero-order valence-electron chi connectivity index (χ0n) is 7.90. The van der Waals surface area contributed by atoms with Crippen molar-refractivity contribution in [1.29, 1.82) is 0 Å². The molecule has 0 aromatic rings. The Morgan fingerprint density at radius 3 is 2.71 bits per heavy atom. The number of aliphatic hydroxyl groups excluding tert-OH is 1. The van der Waals surface area contributed by atoms with Crippen molar-refractivity contribution in [2.24, 2.45) is 5.92 Å². The van der Waals surface area contributed by atoms with Gasteiger partial charge < -0.3 is 10.0 Å². The highest BCUT2D eigenvalue weighted by atomic mass is 16.3. The number of carbonyl (C=O) groups excluding carboxylic acids is 2. The second-order valence-electron chi connectivity index (χ2n) is 4.00. The molecule has 0 bridgehead atoms. The van der Waals surface area contributed by atoms with Crippen LogP contribution in [0.25, 0.3) is 0 Å². The molecular weight excluding hydrogens is 184 g/mol. The van der Waals surface area contributed by atoms with Crippen molar-refractivity contribution in [3.8, 4) is 0 Å². The van der Waals surface area contributed by atoms with Crippen LogP contribution >= 0.6 is 0 Å². The van der Waals surface area contributed by atoms with Gasteiger partial charge in [0.15, 0.2) is 0 Å². The van der Waals surface area contributed by atoms with E-state index in [1.165, 1.54) is 0 Å². The monoisotopic (exact) mass is 198 g/mol. The van der Waals surface area contributed by atoms with Gasteiger partial charge in [0.25, 0.3) is 0 Å². The van der Waals surface area contributed by atoms with Crippen LogP contribution < -0.4 is 5.32 Å². The molecule has 1 aliphatic carbocycles. The summed E-state index contributed by atoms with van der Waals surface area (Å²) in [6, 6.07) is -0.141. The predicted molar refractivity (Wildman–Crippen MR) is 48.5 cm³/mol. The summed E-state index contributed by atoms with van der Waals surface area (Å²) in [6.07, 6.45) is 2.66. The van der Waals surface area contributed by atoms with Crippen molar-refractivity contribution in [2.75, 3.05) is 13.2 Å². The number of aliphatic hydroxyl groups is 1. The summed E-state index contributed by atoms with van der Waals surface area (Å²) >= 11 is 0. The van der Waals surface area contributed by atoms with Crippen LogP contribution in [0.4, 0.5) is 4.79 Å². The lowest BCUT2D eigenvalue weighted by molar-refractivity contribution is -0.118. The van der Waals surface area contributed by atoms with E-state index in [4.69, 9.17) is 5.11 Å². The Hall–Kier alpha value is -1.10. The molecule has 14 heavy (non-hydrogen) atoms. The van der Waals surface area contributed by atoms with E-state index >= 15 is 0 Å². The van der Waals surface area contributed by atoms with E-state index in [0.29, 0.717) is 5.92 Å². The Morgan fingerprint density at radius 1 is 1.43 bits per heavy atom. The van der Waals surface area contributed by atoms with E-state index in [2.05, 4.69) is 5.32 Å². The van der Waals surface area contributed by atoms with E-state index in [1.54, 1.807) is 4.90 Å². The lowest BCUT2D eigenvalue weighted by atomic mass is 10.1. The third-order valence-electron chi connectivity index (χ3n) is 3.03. The van der Waals surface area contributed by atoms with E-state index in [-0.39, 0.29) is 31.1 Å². The molecule has 5 nitrogen and oxygen atoms in total. The molecule has 0 spiro atoms. The van der Waals surface area contributed by atoms with Crippen LogP contribution in [0, 0.1) is 5.92 Å². The molecule has 2 unspecified atom stereocenters. The van der Waals surface area contributed by atoms with Gasteiger partial charge in [-0.25, -0.2) is 4.79 Å². The van der Waals surface area contributed by atoms with Crippen LogP contribution in [-0.4, -0.2) is 41.1 Å². The van der Waals surface area contributed by atoms with Crippen LogP contribution in [0.15, 0.2) is 0 Å². The van der Waals surface area contributed by atoms with Gasteiger partial charge in [-0.15, -0.1) is 0 Å². The van der Waals surface area contributed by atoms with Crippen LogP contribution in [0.1, 0.15) is 19.3 Å². The maximum absolute atomic E-state index is 11.3. The van der Waals surface area contributed by atoms with Gasteiger partial charge in [0, 0.05) is 12.6 Å². The Kier molecular flexibility index (Phi) is 2.41. The second-order valence-corrected chi connectivity index (χ2v) is 4.00. The molecule has 1 saturated heterocycles. The molecule has 3 amide bonds. The SMILES string of the molecule is O=C1CN(C2CCC(CO)C2)C(=O)N1. The Balaban J connectivity index is 1.96. The van der Waals surface area contributed by atoms with Crippen LogP contribution in [0.3, 0.4) is 0 Å². The Bertz CT molecular complexity index is 267. The molecule has 1 saturated carbocycles. The lowest BCUT2D eigenvalue weighted by Gasteiger charge is -2.21. The van der Waals surface area contributed by atoms with Gasteiger partial charge in [-0.3, -0.25) is 10.1 Å². The van der Waals surface area contributed by atoms with Gasteiger partial charge >= 0.3 is 6.03 Å². The molecule has 5 heteroatoms. The van der Waals surface area contributed by atoms with Crippen LogP contribution in [0.2, 0.25) is 0 Å². The molecule has 1 aliphatic heterocycles. The summed E-state index contributed by atoms with van der Waals surface area (Å²) in [5.74, 6) is 0.0750. The zero-order chi connectivity index (χ0) is 10.1. The first-order valence-corrected chi connectivity index (χ1v) is 4.92. The lowest BCUT2D eigenvalue weighted by Crippen LogP contribution is -2.36. The normalized spacial score (nSPS) is 32.5. The summed E-state index contributed by atoms with van der Waals surface area (Å²) in [4.78, 5) is 23.8. The molecule has 2 rings (SSSR count). The smallest absolute Gasteiger partial charge is 0.324 e. The number of urea groups is 1. The standard InChI is InChI=1S/C9H14N2O3/c12-5-6-1-2-7(3-6)11-4-8(13)10-9(11)14/h6-7,12H,1-5H2,(H,10,13,14). The average molecular weight is 198 g/mol. The molecule has 0 radical (unpaired) electrons. The van der Waals surface area contributed by atoms with Gasteiger partial charge in [-0.1, -0.05) is 0 Å². The van der Waals surface area contributed by atoms with Crippen molar-refractivity contribution in [1.82, 2.24) is 10.2 Å². The summed E-state index contributed by atoms with van der Waals surface area (Å²) in [5, 5.41) is 11.2. The highest BCUT2D eigenvalue weighted by molar-refractivity contribution is 6.02. The van der Waals surface area contributed by atoms with Crippen molar-refractivity contribution in [3.63, 3.8) is 0 Å². The van der Waals surface area contributed by atoms with E-state index in [1.807, 2.05) is 0 Å².